The number of aromatic nitrogens is 1. The molecule has 0 N–H and O–H groups in total. The van der Waals surface area contributed by atoms with Crippen molar-refractivity contribution >= 4 is 27.9 Å². The van der Waals surface area contributed by atoms with E-state index in [9.17, 15) is 9.59 Å². The van der Waals surface area contributed by atoms with Crippen molar-refractivity contribution in [3.8, 4) is 22.6 Å². The molecule has 3 aromatic rings. The summed E-state index contributed by atoms with van der Waals surface area (Å²) < 4.78 is 22.2. The third-order valence-electron chi connectivity index (χ3n) is 5.08. The highest BCUT2D eigenvalue weighted by molar-refractivity contribution is 9.10. The minimum Gasteiger partial charge on any atom is -0.493 e. The molecule has 7 nitrogen and oxygen atoms in total. The molecule has 0 saturated carbocycles. The van der Waals surface area contributed by atoms with Gasteiger partial charge in [0.1, 0.15) is 6.61 Å². The van der Waals surface area contributed by atoms with E-state index in [4.69, 9.17) is 18.9 Å². The van der Waals surface area contributed by atoms with Crippen LogP contribution in [0.2, 0.25) is 0 Å². The standard InChI is InChI=1S/C25H24BrNO6/c1-14-20(24(28)31-4)22(21(15(2)27-14)25(29)32-5)17-11-18(26)23(19(12-17)30-3)33-13-16-9-7-6-8-10-16/h6-12H,13H2,1-5H3. The van der Waals surface area contributed by atoms with Gasteiger partial charge in [-0.3, -0.25) is 4.98 Å². The van der Waals surface area contributed by atoms with Crippen LogP contribution in [0.5, 0.6) is 11.5 Å². The van der Waals surface area contributed by atoms with Crippen molar-refractivity contribution in [2.75, 3.05) is 21.3 Å². The molecule has 0 spiro atoms. The largest absolute Gasteiger partial charge is 0.493 e. The second-order valence-corrected chi connectivity index (χ2v) is 8.01. The zero-order valence-corrected chi connectivity index (χ0v) is 20.6. The van der Waals surface area contributed by atoms with Gasteiger partial charge in [-0.2, -0.15) is 0 Å². The molecule has 0 aliphatic rings. The number of methoxy groups -OCH3 is 3. The normalized spacial score (nSPS) is 10.5. The summed E-state index contributed by atoms with van der Waals surface area (Å²) in [4.78, 5) is 29.7. The van der Waals surface area contributed by atoms with Gasteiger partial charge in [-0.15, -0.1) is 0 Å². The summed E-state index contributed by atoms with van der Waals surface area (Å²) in [5.41, 5.74) is 3.11. The topological polar surface area (TPSA) is 84.0 Å². The fraction of sp³-hybridized carbons (Fsp3) is 0.240. The smallest absolute Gasteiger partial charge is 0.340 e. The van der Waals surface area contributed by atoms with Crippen LogP contribution in [0.4, 0.5) is 0 Å². The maximum Gasteiger partial charge on any atom is 0.340 e. The van der Waals surface area contributed by atoms with Crippen LogP contribution in [0.25, 0.3) is 11.1 Å². The number of halogens is 1. The Bertz CT molecular complexity index is 1150. The molecular weight excluding hydrogens is 490 g/mol. The second kappa shape index (κ2) is 10.5. The lowest BCUT2D eigenvalue weighted by Gasteiger charge is -2.19. The summed E-state index contributed by atoms with van der Waals surface area (Å²) in [5, 5.41) is 0. The number of hydrogen-bond donors (Lipinski definition) is 0. The Morgan fingerprint density at radius 1 is 0.909 bits per heavy atom. The van der Waals surface area contributed by atoms with E-state index in [0.29, 0.717) is 45.1 Å². The average molecular weight is 514 g/mol. The van der Waals surface area contributed by atoms with Gasteiger partial charge in [0.2, 0.25) is 0 Å². The zero-order valence-electron chi connectivity index (χ0n) is 19.0. The van der Waals surface area contributed by atoms with Gasteiger partial charge in [0.05, 0.1) is 48.3 Å². The zero-order chi connectivity index (χ0) is 24.1. The maximum absolute atomic E-state index is 12.7. The molecular formula is C25H24BrNO6. The summed E-state index contributed by atoms with van der Waals surface area (Å²) in [5.74, 6) is -0.305. The van der Waals surface area contributed by atoms with Gasteiger partial charge in [0.15, 0.2) is 11.5 Å². The number of carbonyl (C=O) groups is 2. The first-order valence-corrected chi connectivity index (χ1v) is 10.8. The van der Waals surface area contributed by atoms with Crippen LogP contribution < -0.4 is 9.47 Å². The molecule has 33 heavy (non-hydrogen) atoms. The predicted molar refractivity (Wildman–Crippen MR) is 127 cm³/mol. The lowest BCUT2D eigenvalue weighted by Crippen LogP contribution is -2.16. The molecule has 1 aromatic heterocycles. The minimum absolute atomic E-state index is 0.176. The highest BCUT2D eigenvalue weighted by atomic mass is 79.9. The summed E-state index contributed by atoms with van der Waals surface area (Å²) in [6.45, 7) is 3.71. The Kier molecular flexibility index (Phi) is 7.71. The molecule has 0 saturated heterocycles. The van der Waals surface area contributed by atoms with Gasteiger partial charge < -0.3 is 18.9 Å². The van der Waals surface area contributed by atoms with Crippen molar-refractivity contribution in [3.63, 3.8) is 0 Å². The number of esters is 2. The van der Waals surface area contributed by atoms with E-state index in [2.05, 4.69) is 20.9 Å². The summed E-state index contributed by atoms with van der Waals surface area (Å²) in [6, 6.07) is 13.2. The SMILES string of the molecule is COC(=O)c1c(C)nc(C)c(C(=O)OC)c1-c1cc(Br)c(OCc2ccccc2)c(OC)c1. The van der Waals surface area contributed by atoms with Crippen LogP contribution in [0.1, 0.15) is 37.7 Å². The molecule has 0 bridgehead atoms. The van der Waals surface area contributed by atoms with Gasteiger partial charge in [0, 0.05) is 5.56 Å². The Balaban J connectivity index is 2.20. The number of aryl methyl sites for hydroxylation is 2. The fourth-order valence-corrected chi connectivity index (χ4v) is 4.13. The van der Waals surface area contributed by atoms with E-state index in [1.807, 2.05) is 30.3 Å². The molecule has 3 rings (SSSR count). The Morgan fingerprint density at radius 3 is 2.00 bits per heavy atom. The lowest BCUT2D eigenvalue weighted by molar-refractivity contribution is 0.0599. The van der Waals surface area contributed by atoms with Gasteiger partial charge in [-0.05, 0) is 53.0 Å². The number of carbonyl (C=O) groups excluding carboxylic acids is 2. The second-order valence-electron chi connectivity index (χ2n) is 7.15. The molecule has 0 unspecified atom stereocenters. The molecule has 2 aromatic carbocycles. The minimum atomic E-state index is -0.611. The first-order valence-electron chi connectivity index (χ1n) is 10.0. The molecule has 0 radical (unpaired) electrons. The van der Waals surface area contributed by atoms with Gasteiger partial charge >= 0.3 is 11.9 Å². The molecule has 1 heterocycles. The number of ether oxygens (including phenoxy) is 4. The van der Waals surface area contributed by atoms with E-state index in [1.165, 1.54) is 21.3 Å². The number of rotatable bonds is 7. The molecule has 0 fully saturated rings. The summed E-state index contributed by atoms with van der Waals surface area (Å²) in [7, 11) is 4.08. The van der Waals surface area contributed by atoms with Crippen molar-refractivity contribution in [1.29, 1.82) is 0 Å². The molecule has 0 amide bonds. The van der Waals surface area contributed by atoms with Crippen LogP contribution >= 0.6 is 15.9 Å². The van der Waals surface area contributed by atoms with Crippen molar-refractivity contribution in [1.82, 2.24) is 4.98 Å². The fourth-order valence-electron chi connectivity index (χ4n) is 3.58. The monoisotopic (exact) mass is 513 g/mol. The summed E-state index contributed by atoms with van der Waals surface area (Å²) >= 11 is 3.55. The van der Waals surface area contributed by atoms with E-state index >= 15 is 0 Å². The van der Waals surface area contributed by atoms with Gasteiger partial charge in [0.25, 0.3) is 0 Å². The van der Waals surface area contributed by atoms with Crippen LogP contribution in [0.3, 0.4) is 0 Å². The third-order valence-corrected chi connectivity index (χ3v) is 5.67. The van der Waals surface area contributed by atoms with Crippen LogP contribution in [-0.4, -0.2) is 38.3 Å². The molecule has 0 atom stereocenters. The lowest BCUT2D eigenvalue weighted by atomic mass is 9.92. The highest BCUT2D eigenvalue weighted by Crippen LogP contribution is 2.42. The van der Waals surface area contributed by atoms with Gasteiger partial charge in [-0.25, -0.2) is 9.59 Å². The van der Waals surface area contributed by atoms with Crippen molar-refractivity contribution in [2.45, 2.75) is 20.5 Å². The molecule has 8 heteroatoms. The number of pyridine rings is 1. The van der Waals surface area contributed by atoms with E-state index in [-0.39, 0.29) is 11.1 Å². The van der Waals surface area contributed by atoms with E-state index < -0.39 is 11.9 Å². The van der Waals surface area contributed by atoms with Crippen molar-refractivity contribution in [3.05, 3.63) is 75.0 Å². The van der Waals surface area contributed by atoms with E-state index in [0.717, 1.165) is 5.56 Å². The van der Waals surface area contributed by atoms with Crippen LogP contribution in [-0.2, 0) is 16.1 Å². The van der Waals surface area contributed by atoms with Crippen LogP contribution in [0, 0.1) is 13.8 Å². The number of nitrogens with zero attached hydrogens (tertiary/aromatic N) is 1. The van der Waals surface area contributed by atoms with Gasteiger partial charge in [-0.1, -0.05) is 30.3 Å². The average Bonchev–Trinajstić information content (AvgIpc) is 2.82. The van der Waals surface area contributed by atoms with Crippen molar-refractivity contribution < 1.29 is 28.5 Å². The third kappa shape index (κ3) is 5.01. The Hall–Kier alpha value is -3.39. The number of benzene rings is 2. The Morgan fingerprint density at radius 2 is 1.48 bits per heavy atom. The molecule has 0 aliphatic heterocycles. The Labute approximate surface area is 200 Å². The maximum atomic E-state index is 12.7. The van der Waals surface area contributed by atoms with Crippen molar-refractivity contribution in [2.24, 2.45) is 0 Å². The molecule has 172 valence electrons. The van der Waals surface area contributed by atoms with E-state index in [1.54, 1.807) is 26.0 Å². The predicted octanol–water partition coefficient (Wildman–Crippen LogP) is 5.29. The summed E-state index contributed by atoms with van der Waals surface area (Å²) in [6.07, 6.45) is 0. The first-order chi connectivity index (χ1) is 15.8. The van der Waals surface area contributed by atoms with Crippen LogP contribution in [0.15, 0.2) is 46.9 Å². The molecule has 0 aliphatic carbocycles. The first kappa shape index (κ1) is 24.3. The number of hydrogen-bond acceptors (Lipinski definition) is 7. The quantitative estimate of drug-likeness (QED) is 0.397. The highest BCUT2D eigenvalue weighted by Gasteiger charge is 2.28.